The van der Waals surface area contributed by atoms with Gasteiger partial charge in [0.25, 0.3) is 0 Å². The highest BCUT2D eigenvalue weighted by Gasteiger charge is 2.19. The van der Waals surface area contributed by atoms with E-state index >= 15 is 0 Å². The van der Waals surface area contributed by atoms with Gasteiger partial charge in [0.2, 0.25) is 0 Å². The van der Waals surface area contributed by atoms with Crippen LogP contribution in [0.5, 0.6) is 0 Å². The highest BCUT2D eigenvalue weighted by molar-refractivity contribution is 5.71. The Kier molecular flexibility index (Phi) is 51.2. The fourth-order valence-corrected chi connectivity index (χ4v) is 8.50. The summed E-state index contributed by atoms with van der Waals surface area (Å²) < 4.78 is 16.8. The first-order valence-electron chi connectivity index (χ1n) is 28.2. The van der Waals surface area contributed by atoms with Crippen LogP contribution in [0.3, 0.4) is 0 Å². The molecule has 0 heterocycles. The van der Waals surface area contributed by atoms with Gasteiger partial charge >= 0.3 is 17.9 Å². The van der Waals surface area contributed by atoms with E-state index in [1.807, 2.05) is 0 Å². The second-order valence-electron chi connectivity index (χ2n) is 19.2. The number of carbonyl (C=O) groups is 3. The van der Waals surface area contributed by atoms with Gasteiger partial charge < -0.3 is 14.2 Å². The Balaban J connectivity index is 4.23. The average molecular weight is 889 g/mol. The zero-order valence-corrected chi connectivity index (χ0v) is 42.6. The van der Waals surface area contributed by atoms with Crippen LogP contribution in [0.25, 0.3) is 0 Å². The van der Waals surface area contributed by atoms with Crippen molar-refractivity contribution in [2.45, 2.75) is 322 Å². The number of hydrogen-bond donors (Lipinski definition) is 0. The lowest BCUT2D eigenvalue weighted by Gasteiger charge is -2.18. The van der Waals surface area contributed by atoms with Crippen LogP contribution >= 0.6 is 0 Å². The minimum Gasteiger partial charge on any atom is -0.462 e. The zero-order chi connectivity index (χ0) is 45.8. The van der Waals surface area contributed by atoms with Gasteiger partial charge in [-0.1, -0.05) is 264 Å². The first-order chi connectivity index (χ1) is 31.0. The van der Waals surface area contributed by atoms with Crippen molar-refractivity contribution in [1.29, 1.82) is 0 Å². The topological polar surface area (TPSA) is 78.9 Å². The Labute approximate surface area is 392 Å². The highest BCUT2D eigenvalue weighted by atomic mass is 16.6. The molecular formula is C57H108O6. The third-order valence-electron chi connectivity index (χ3n) is 12.8. The number of allylic oxidation sites excluding steroid dienone is 2. The molecule has 0 aliphatic rings. The summed E-state index contributed by atoms with van der Waals surface area (Å²) in [7, 11) is 0. The fourth-order valence-electron chi connectivity index (χ4n) is 8.50. The average Bonchev–Trinajstić information content (AvgIpc) is 3.28. The summed E-state index contributed by atoms with van der Waals surface area (Å²) in [5.41, 5.74) is 0. The van der Waals surface area contributed by atoms with Crippen molar-refractivity contribution in [1.82, 2.24) is 0 Å². The lowest BCUT2D eigenvalue weighted by atomic mass is 10.0. The van der Waals surface area contributed by atoms with E-state index in [0.29, 0.717) is 19.3 Å². The molecule has 0 unspecified atom stereocenters. The van der Waals surface area contributed by atoms with Gasteiger partial charge in [-0.05, 0) is 44.9 Å². The van der Waals surface area contributed by atoms with Crippen molar-refractivity contribution in [3.05, 3.63) is 12.2 Å². The van der Waals surface area contributed by atoms with Gasteiger partial charge in [-0.2, -0.15) is 0 Å². The van der Waals surface area contributed by atoms with Gasteiger partial charge in [0, 0.05) is 19.3 Å². The summed E-state index contributed by atoms with van der Waals surface area (Å²) in [6.07, 6.45) is 59.2. The van der Waals surface area contributed by atoms with Crippen molar-refractivity contribution in [3.63, 3.8) is 0 Å². The smallest absolute Gasteiger partial charge is 0.306 e. The first-order valence-corrected chi connectivity index (χ1v) is 28.2. The highest BCUT2D eigenvalue weighted by Crippen LogP contribution is 2.17. The molecule has 0 fully saturated rings. The van der Waals surface area contributed by atoms with Gasteiger partial charge in [-0.15, -0.1) is 0 Å². The van der Waals surface area contributed by atoms with Gasteiger partial charge in [0.15, 0.2) is 6.10 Å². The van der Waals surface area contributed by atoms with E-state index in [1.54, 1.807) is 0 Å². The van der Waals surface area contributed by atoms with Crippen LogP contribution in [0.1, 0.15) is 316 Å². The van der Waals surface area contributed by atoms with Gasteiger partial charge in [0.1, 0.15) is 13.2 Å². The van der Waals surface area contributed by atoms with Gasteiger partial charge in [-0.25, -0.2) is 0 Å². The second kappa shape index (κ2) is 52.8. The Bertz CT molecular complexity index is 978. The summed E-state index contributed by atoms with van der Waals surface area (Å²) in [5, 5.41) is 0. The molecule has 0 amide bonds. The zero-order valence-electron chi connectivity index (χ0n) is 42.6. The van der Waals surface area contributed by atoms with E-state index in [1.165, 1.54) is 218 Å². The quantitative estimate of drug-likeness (QED) is 0.0262. The third kappa shape index (κ3) is 51.0. The predicted molar refractivity (Wildman–Crippen MR) is 270 cm³/mol. The lowest BCUT2D eigenvalue weighted by Crippen LogP contribution is -2.30. The molecule has 0 radical (unpaired) electrons. The van der Waals surface area contributed by atoms with Crippen molar-refractivity contribution in [3.8, 4) is 0 Å². The molecule has 6 heteroatoms. The molecule has 0 aromatic rings. The summed E-state index contributed by atoms with van der Waals surface area (Å²) in [5.74, 6) is -0.852. The minimum absolute atomic E-state index is 0.0662. The largest absolute Gasteiger partial charge is 0.462 e. The Hall–Kier alpha value is -1.85. The lowest BCUT2D eigenvalue weighted by molar-refractivity contribution is -0.167. The molecule has 0 rings (SSSR count). The molecule has 0 aliphatic heterocycles. The first kappa shape index (κ1) is 61.1. The molecule has 0 saturated heterocycles. The number of hydrogen-bond acceptors (Lipinski definition) is 6. The standard InChI is InChI=1S/C57H108O6/c1-4-7-10-13-16-19-21-23-25-27-28-30-31-33-35-38-41-44-47-50-56(59)62-53-54(52-61-55(58)49-46-43-40-37-18-15-12-9-6-3)63-57(60)51-48-45-42-39-36-34-32-29-26-24-22-20-17-14-11-8-5-2/h24,26,54H,4-23,25,27-53H2,1-3H3/b26-24-/t54-/m1/s1. The van der Waals surface area contributed by atoms with Crippen LogP contribution in [-0.4, -0.2) is 37.2 Å². The maximum Gasteiger partial charge on any atom is 0.306 e. The molecule has 372 valence electrons. The molecule has 63 heavy (non-hydrogen) atoms. The number of rotatable bonds is 52. The normalized spacial score (nSPS) is 12.0. The molecule has 0 aromatic carbocycles. The van der Waals surface area contributed by atoms with Gasteiger partial charge in [-0.3, -0.25) is 14.4 Å². The van der Waals surface area contributed by atoms with Crippen LogP contribution in [0.4, 0.5) is 0 Å². The molecule has 0 saturated carbocycles. The maximum absolute atomic E-state index is 12.8. The summed E-state index contributed by atoms with van der Waals surface area (Å²) in [6, 6.07) is 0. The Morgan fingerprint density at radius 2 is 0.524 bits per heavy atom. The van der Waals surface area contributed by atoms with Crippen LogP contribution in [-0.2, 0) is 28.6 Å². The SMILES string of the molecule is CCCCCCCC/C=C\CCCCCCCCCC(=O)O[C@H](COC(=O)CCCCCCCCCCC)COC(=O)CCCCCCCCCCCCCCCCCCCCC. The van der Waals surface area contributed by atoms with E-state index in [2.05, 4.69) is 32.9 Å². The Morgan fingerprint density at radius 1 is 0.302 bits per heavy atom. The number of esters is 3. The number of unbranched alkanes of at least 4 members (excludes halogenated alkanes) is 39. The van der Waals surface area contributed by atoms with E-state index in [0.717, 1.165) is 57.8 Å². The second-order valence-corrected chi connectivity index (χ2v) is 19.2. The monoisotopic (exact) mass is 889 g/mol. The van der Waals surface area contributed by atoms with Crippen molar-refractivity contribution < 1.29 is 28.6 Å². The minimum atomic E-state index is -0.765. The molecule has 0 bridgehead atoms. The van der Waals surface area contributed by atoms with Crippen LogP contribution < -0.4 is 0 Å². The van der Waals surface area contributed by atoms with E-state index < -0.39 is 6.10 Å². The summed E-state index contributed by atoms with van der Waals surface area (Å²) in [4.78, 5) is 38.0. The van der Waals surface area contributed by atoms with E-state index in [-0.39, 0.29) is 31.1 Å². The molecule has 0 aromatic heterocycles. The summed E-state index contributed by atoms with van der Waals surface area (Å²) in [6.45, 7) is 6.66. The number of carbonyl (C=O) groups excluding carboxylic acids is 3. The van der Waals surface area contributed by atoms with Crippen LogP contribution in [0, 0.1) is 0 Å². The maximum atomic E-state index is 12.8. The fraction of sp³-hybridized carbons (Fsp3) is 0.912. The summed E-state index contributed by atoms with van der Waals surface area (Å²) >= 11 is 0. The Morgan fingerprint density at radius 3 is 0.794 bits per heavy atom. The van der Waals surface area contributed by atoms with Crippen molar-refractivity contribution >= 4 is 17.9 Å². The number of ether oxygens (including phenoxy) is 3. The van der Waals surface area contributed by atoms with Crippen molar-refractivity contribution in [2.75, 3.05) is 13.2 Å². The molecule has 0 spiro atoms. The molecule has 0 aliphatic carbocycles. The molecule has 1 atom stereocenters. The van der Waals surface area contributed by atoms with Crippen LogP contribution in [0.2, 0.25) is 0 Å². The third-order valence-corrected chi connectivity index (χ3v) is 12.8. The van der Waals surface area contributed by atoms with Crippen molar-refractivity contribution in [2.24, 2.45) is 0 Å². The van der Waals surface area contributed by atoms with E-state index in [4.69, 9.17) is 14.2 Å². The van der Waals surface area contributed by atoms with Gasteiger partial charge in [0.05, 0.1) is 0 Å². The molecule has 6 nitrogen and oxygen atoms in total. The van der Waals surface area contributed by atoms with E-state index in [9.17, 15) is 14.4 Å². The predicted octanol–water partition coefficient (Wildman–Crippen LogP) is 18.5. The van der Waals surface area contributed by atoms with Crippen LogP contribution in [0.15, 0.2) is 12.2 Å². The molecular weight excluding hydrogens is 781 g/mol. The molecule has 0 N–H and O–H groups in total.